The molecule has 8 heteroatoms. The fourth-order valence-corrected chi connectivity index (χ4v) is 9.31. The van der Waals surface area contributed by atoms with Crippen molar-refractivity contribution in [1.82, 2.24) is 0 Å². The molecule has 0 fully saturated rings. The molecule has 0 aliphatic carbocycles. The molecule has 2 aliphatic rings. The van der Waals surface area contributed by atoms with Gasteiger partial charge >= 0.3 is 0 Å². The number of hydrogen-bond donors (Lipinski definition) is 2. The third-order valence-corrected chi connectivity index (χ3v) is 11.9. The van der Waals surface area contributed by atoms with Crippen LogP contribution in [0.5, 0.6) is 0 Å². The summed E-state index contributed by atoms with van der Waals surface area (Å²) in [6.45, 7) is 4.93. The topological polar surface area (TPSA) is 40.5 Å². The van der Waals surface area contributed by atoms with Crippen LogP contribution in [-0.4, -0.2) is 48.2 Å². The van der Waals surface area contributed by atoms with Crippen LogP contribution >= 0.6 is 70.6 Å². The lowest BCUT2D eigenvalue weighted by Gasteiger charge is -2.26. The van der Waals surface area contributed by atoms with E-state index in [9.17, 15) is 0 Å². The summed E-state index contributed by atoms with van der Waals surface area (Å²) in [5.74, 6) is 2.20. The van der Waals surface area contributed by atoms with Crippen LogP contribution in [0.2, 0.25) is 0 Å². The van der Waals surface area contributed by atoms with E-state index < -0.39 is 0 Å². The highest BCUT2D eigenvalue weighted by Gasteiger charge is 2.27. The molecule has 0 radical (unpaired) electrons. The maximum atomic E-state index is 9.12. The third kappa shape index (κ3) is 6.49. The van der Waals surface area contributed by atoms with Crippen molar-refractivity contribution in [3.8, 4) is 0 Å². The maximum Gasteiger partial charge on any atom is 0.0746 e. The number of rotatable bonds is 8. The lowest BCUT2D eigenvalue weighted by molar-refractivity contribution is 0.339. The summed E-state index contributed by atoms with van der Waals surface area (Å²) in [5.41, 5.74) is 0. The van der Waals surface area contributed by atoms with Gasteiger partial charge < -0.3 is 10.2 Å². The predicted octanol–water partition coefficient (Wildman–Crippen LogP) is 4.47. The normalized spacial score (nSPS) is 26.1. The molecule has 0 aromatic carbocycles. The summed E-state index contributed by atoms with van der Waals surface area (Å²) < 4.78 is 1.27. The zero-order valence-corrected chi connectivity index (χ0v) is 16.9. The standard InChI is InChI=1S/C13H20O2S6/c1-13(2,18-7-11-16-5-9(3-14)20-11)19-8-12-17-6-10(4-15)21-12/h5-6,11-12,14-15H,3-4,7-8H2,1-2H3. The first kappa shape index (κ1) is 18.8. The molecule has 2 nitrogen and oxygen atoms in total. The first-order valence-corrected chi connectivity index (χ1v) is 12.2. The van der Waals surface area contributed by atoms with Gasteiger partial charge in [-0.15, -0.1) is 70.6 Å². The first-order valence-electron chi connectivity index (χ1n) is 6.54. The lowest BCUT2D eigenvalue weighted by atomic mass is 10.5. The minimum Gasteiger partial charge on any atom is -0.391 e. The van der Waals surface area contributed by atoms with Crippen molar-refractivity contribution >= 4 is 70.6 Å². The second-order valence-corrected chi connectivity index (χ2v) is 13.8. The summed E-state index contributed by atoms with van der Waals surface area (Å²) >= 11 is 11.3. The lowest BCUT2D eigenvalue weighted by Crippen LogP contribution is -2.15. The summed E-state index contributed by atoms with van der Waals surface area (Å²) in [4.78, 5) is 2.19. The highest BCUT2D eigenvalue weighted by molar-refractivity contribution is 8.26. The van der Waals surface area contributed by atoms with Crippen molar-refractivity contribution < 1.29 is 10.2 Å². The van der Waals surface area contributed by atoms with Crippen molar-refractivity contribution in [2.45, 2.75) is 27.1 Å². The highest BCUT2D eigenvalue weighted by atomic mass is 32.2. The Bertz CT molecular complexity index is 373. The molecule has 0 amide bonds. The average molecular weight is 401 g/mol. The molecule has 0 aromatic rings. The molecule has 0 saturated carbocycles. The van der Waals surface area contributed by atoms with E-state index in [1.807, 2.05) is 47.0 Å². The molecule has 0 aromatic heterocycles. The Morgan fingerprint density at radius 1 is 0.952 bits per heavy atom. The summed E-state index contributed by atoms with van der Waals surface area (Å²) in [5, 5.41) is 22.4. The molecule has 2 aliphatic heterocycles. The van der Waals surface area contributed by atoms with Crippen molar-refractivity contribution in [3.05, 3.63) is 20.6 Å². The van der Waals surface area contributed by atoms with Crippen molar-refractivity contribution in [2.24, 2.45) is 0 Å². The Hall–Kier alpha value is 1.50. The van der Waals surface area contributed by atoms with Gasteiger partial charge in [-0.25, -0.2) is 0 Å². The number of thioether (sulfide) groups is 6. The van der Waals surface area contributed by atoms with Crippen LogP contribution < -0.4 is 0 Å². The molecule has 2 unspecified atom stereocenters. The molecule has 2 heterocycles. The zero-order chi connectivity index (χ0) is 15.3. The summed E-state index contributed by atoms with van der Waals surface area (Å²) in [7, 11) is 0. The van der Waals surface area contributed by atoms with Crippen molar-refractivity contribution in [1.29, 1.82) is 0 Å². The predicted molar refractivity (Wildman–Crippen MR) is 107 cm³/mol. The molecule has 0 bridgehead atoms. The van der Waals surface area contributed by atoms with Crippen LogP contribution in [0.25, 0.3) is 0 Å². The minimum absolute atomic E-state index is 0.174. The van der Waals surface area contributed by atoms with Gasteiger partial charge in [0.2, 0.25) is 0 Å². The van der Waals surface area contributed by atoms with E-state index in [-0.39, 0.29) is 17.3 Å². The van der Waals surface area contributed by atoms with Crippen LogP contribution in [0.4, 0.5) is 0 Å². The van der Waals surface area contributed by atoms with E-state index in [0.29, 0.717) is 9.16 Å². The minimum atomic E-state index is 0.174. The van der Waals surface area contributed by atoms with E-state index in [1.54, 1.807) is 23.5 Å². The molecule has 21 heavy (non-hydrogen) atoms. The van der Waals surface area contributed by atoms with Crippen molar-refractivity contribution in [2.75, 3.05) is 24.7 Å². The first-order chi connectivity index (χ1) is 10.0. The van der Waals surface area contributed by atoms with Crippen LogP contribution in [0.3, 0.4) is 0 Å². The van der Waals surface area contributed by atoms with Gasteiger partial charge in [0.15, 0.2) is 0 Å². The second kappa shape index (κ2) is 9.11. The van der Waals surface area contributed by atoms with E-state index >= 15 is 0 Å². The number of hydrogen-bond acceptors (Lipinski definition) is 8. The average Bonchev–Trinajstić information content (AvgIpc) is 3.12. The molecular weight excluding hydrogens is 381 g/mol. The van der Waals surface area contributed by atoms with Crippen LogP contribution in [-0.2, 0) is 0 Å². The quantitative estimate of drug-likeness (QED) is 0.578. The van der Waals surface area contributed by atoms with Gasteiger partial charge in [-0.05, 0) is 24.7 Å². The van der Waals surface area contributed by atoms with E-state index in [0.717, 1.165) is 21.3 Å². The largest absolute Gasteiger partial charge is 0.391 e. The van der Waals surface area contributed by atoms with Crippen LogP contribution in [0, 0.1) is 0 Å². The summed E-state index contributed by atoms with van der Waals surface area (Å²) in [6, 6.07) is 0. The molecule has 0 saturated heterocycles. The monoisotopic (exact) mass is 400 g/mol. The fourth-order valence-electron chi connectivity index (χ4n) is 1.63. The number of aliphatic hydroxyl groups excluding tert-OH is 2. The molecular formula is C13H20O2S6. The van der Waals surface area contributed by atoms with Crippen LogP contribution in [0.1, 0.15) is 13.8 Å². The zero-order valence-electron chi connectivity index (χ0n) is 12.0. The molecule has 2 rings (SSSR count). The third-order valence-electron chi connectivity index (χ3n) is 2.71. The van der Waals surface area contributed by atoms with Gasteiger partial charge in [0, 0.05) is 21.3 Å². The molecule has 2 N–H and O–H groups in total. The Kier molecular flexibility index (Phi) is 8.17. The number of aliphatic hydroxyl groups is 2. The SMILES string of the molecule is CC(C)(SCC1SC=C(CO)S1)SCC1SC=C(CO)S1. The van der Waals surface area contributed by atoms with Gasteiger partial charge in [-0.3, -0.25) is 0 Å². The van der Waals surface area contributed by atoms with E-state index in [4.69, 9.17) is 10.2 Å². The van der Waals surface area contributed by atoms with E-state index in [2.05, 4.69) is 24.7 Å². The van der Waals surface area contributed by atoms with Crippen LogP contribution in [0.15, 0.2) is 20.6 Å². The Labute approximate surface area is 152 Å². The highest BCUT2D eigenvalue weighted by Crippen LogP contribution is 2.47. The van der Waals surface area contributed by atoms with Gasteiger partial charge in [0.05, 0.1) is 26.5 Å². The molecule has 0 spiro atoms. The molecule has 2 atom stereocenters. The Morgan fingerprint density at radius 3 is 1.71 bits per heavy atom. The van der Waals surface area contributed by atoms with Gasteiger partial charge in [-0.1, -0.05) is 0 Å². The van der Waals surface area contributed by atoms with Gasteiger partial charge in [0.1, 0.15) is 0 Å². The summed E-state index contributed by atoms with van der Waals surface area (Å²) in [6.07, 6.45) is 0. The molecule has 120 valence electrons. The fraction of sp³-hybridized carbons (Fsp3) is 0.692. The smallest absolute Gasteiger partial charge is 0.0746 e. The van der Waals surface area contributed by atoms with Crippen molar-refractivity contribution in [3.63, 3.8) is 0 Å². The Balaban J connectivity index is 1.64. The van der Waals surface area contributed by atoms with Gasteiger partial charge in [0.25, 0.3) is 0 Å². The second-order valence-electron chi connectivity index (χ2n) is 4.87. The van der Waals surface area contributed by atoms with E-state index in [1.165, 1.54) is 0 Å². The Morgan fingerprint density at radius 2 is 1.38 bits per heavy atom. The van der Waals surface area contributed by atoms with Gasteiger partial charge in [-0.2, -0.15) is 0 Å². The maximum absolute atomic E-state index is 9.12.